The number of aromatic nitrogens is 1. The number of thiazole rings is 1. The zero-order chi connectivity index (χ0) is 14.4. The van der Waals surface area contributed by atoms with Gasteiger partial charge in [0.2, 0.25) is 5.13 Å². The van der Waals surface area contributed by atoms with Gasteiger partial charge < -0.3 is 5.11 Å². The minimum atomic E-state index is 0.279. The Kier molecular flexibility index (Phi) is 5.35. The van der Waals surface area contributed by atoms with Crippen molar-refractivity contribution in [3.8, 4) is 5.75 Å². The molecule has 1 N–H and O–H groups in total. The van der Waals surface area contributed by atoms with Gasteiger partial charge in [0.05, 0.1) is 10.2 Å². The van der Waals surface area contributed by atoms with Crippen molar-refractivity contribution >= 4 is 32.9 Å². The summed E-state index contributed by atoms with van der Waals surface area (Å²) in [6.45, 7) is 5.01. The lowest BCUT2D eigenvalue weighted by molar-refractivity contribution is 0.476. The van der Waals surface area contributed by atoms with Gasteiger partial charge in [-0.05, 0) is 31.5 Å². The maximum atomic E-state index is 9.52. The molecule has 1 aromatic heterocycles. The second-order valence-electron chi connectivity index (χ2n) is 4.71. The van der Waals surface area contributed by atoms with E-state index in [-0.39, 0.29) is 5.75 Å². The largest absolute Gasteiger partial charge is 0.508 e. The number of rotatable bonds is 7. The number of hydrogen-bond acceptors (Lipinski definition) is 5. The predicted octanol–water partition coefficient (Wildman–Crippen LogP) is 4.39. The molecule has 0 saturated heterocycles. The Labute approximate surface area is 123 Å². The van der Waals surface area contributed by atoms with Gasteiger partial charge >= 0.3 is 0 Å². The third-order valence-corrected chi connectivity index (χ3v) is 4.09. The molecule has 0 aliphatic carbocycles. The first-order valence-electron chi connectivity index (χ1n) is 7.10. The van der Waals surface area contributed by atoms with Crippen LogP contribution < -0.4 is 5.01 Å². The van der Waals surface area contributed by atoms with Crippen LogP contribution in [0.4, 0.5) is 5.13 Å². The van der Waals surface area contributed by atoms with Crippen LogP contribution in [0.15, 0.2) is 23.3 Å². The van der Waals surface area contributed by atoms with Crippen molar-refractivity contribution in [2.45, 2.75) is 39.5 Å². The number of hydrogen-bond donors (Lipinski definition) is 1. The fraction of sp³-hybridized carbons (Fsp3) is 0.467. The van der Waals surface area contributed by atoms with Gasteiger partial charge in [-0.25, -0.2) is 9.99 Å². The van der Waals surface area contributed by atoms with E-state index in [0.717, 1.165) is 28.3 Å². The lowest BCUT2D eigenvalue weighted by Gasteiger charge is -2.14. The molecule has 0 unspecified atom stereocenters. The summed E-state index contributed by atoms with van der Waals surface area (Å²) in [5.74, 6) is 0.279. The van der Waals surface area contributed by atoms with E-state index in [1.54, 1.807) is 29.7 Å². The number of unbranched alkanes of at least 4 members (excludes halogenated alkanes) is 3. The van der Waals surface area contributed by atoms with Gasteiger partial charge in [0.1, 0.15) is 5.75 Å². The number of aromatic hydroxyl groups is 1. The number of benzene rings is 1. The Morgan fingerprint density at radius 2 is 2.20 bits per heavy atom. The SMILES string of the molecule is C/C=N/N(CCCCCC)c1nc2ccc(O)cc2s1. The molecule has 0 atom stereocenters. The number of nitrogens with zero attached hydrogens (tertiary/aromatic N) is 3. The Morgan fingerprint density at radius 3 is 2.95 bits per heavy atom. The Bertz CT molecular complexity index is 580. The van der Waals surface area contributed by atoms with Crippen LogP contribution in [0.5, 0.6) is 5.75 Å². The molecule has 4 nitrogen and oxygen atoms in total. The summed E-state index contributed by atoms with van der Waals surface area (Å²) >= 11 is 1.56. The van der Waals surface area contributed by atoms with Crippen molar-refractivity contribution in [1.82, 2.24) is 4.98 Å². The molecule has 0 saturated carbocycles. The minimum Gasteiger partial charge on any atom is -0.508 e. The molecule has 1 aromatic carbocycles. The average molecular weight is 291 g/mol. The number of phenols is 1. The fourth-order valence-corrected chi connectivity index (χ4v) is 3.02. The minimum absolute atomic E-state index is 0.279. The van der Waals surface area contributed by atoms with Crippen molar-refractivity contribution in [3.63, 3.8) is 0 Å². The van der Waals surface area contributed by atoms with Crippen LogP contribution in [0.25, 0.3) is 10.2 Å². The van der Waals surface area contributed by atoms with Crippen LogP contribution in [-0.4, -0.2) is 22.8 Å². The smallest absolute Gasteiger partial charge is 0.207 e. The van der Waals surface area contributed by atoms with Crippen LogP contribution in [0.3, 0.4) is 0 Å². The zero-order valence-corrected chi connectivity index (χ0v) is 12.9. The first-order valence-corrected chi connectivity index (χ1v) is 7.92. The lowest BCUT2D eigenvalue weighted by atomic mass is 10.2. The van der Waals surface area contributed by atoms with Crippen molar-refractivity contribution in [2.24, 2.45) is 5.10 Å². The number of hydrazone groups is 1. The molecule has 0 aliphatic heterocycles. The molecule has 5 heteroatoms. The average Bonchev–Trinajstić information content (AvgIpc) is 2.85. The first kappa shape index (κ1) is 14.8. The van der Waals surface area contributed by atoms with Gasteiger partial charge in [0.25, 0.3) is 0 Å². The van der Waals surface area contributed by atoms with E-state index in [4.69, 9.17) is 0 Å². The molecule has 0 bridgehead atoms. The highest BCUT2D eigenvalue weighted by molar-refractivity contribution is 7.22. The number of anilines is 1. The summed E-state index contributed by atoms with van der Waals surface area (Å²) in [6.07, 6.45) is 6.63. The molecule has 20 heavy (non-hydrogen) atoms. The molecule has 0 radical (unpaired) electrons. The molecule has 2 rings (SSSR count). The Hall–Kier alpha value is -1.62. The maximum absolute atomic E-state index is 9.52. The molecule has 0 aliphatic rings. The molecule has 0 fully saturated rings. The number of fused-ring (bicyclic) bond motifs is 1. The second-order valence-corrected chi connectivity index (χ2v) is 5.72. The summed E-state index contributed by atoms with van der Waals surface area (Å²) in [5, 5.41) is 16.8. The van der Waals surface area contributed by atoms with E-state index in [0.29, 0.717) is 0 Å². The molecule has 2 aromatic rings. The van der Waals surface area contributed by atoms with Gasteiger partial charge in [-0.15, -0.1) is 0 Å². The van der Waals surface area contributed by atoms with E-state index < -0.39 is 0 Å². The summed E-state index contributed by atoms with van der Waals surface area (Å²) in [4.78, 5) is 4.59. The van der Waals surface area contributed by atoms with E-state index >= 15 is 0 Å². The highest BCUT2D eigenvalue weighted by atomic mass is 32.1. The lowest BCUT2D eigenvalue weighted by Crippen LogP contribution is -2.17. The van der Waals surface area contributed by atoms with E-state index in [9.17, 15) is 5.11 Å². The van der Waals surface area contributed by atoms with Gasteiger partial charge in [-0.3, -0.25) is 0 Å². The van der Waals surface area contributed by atoms with Crippen LogP contribution in [0, 0.1) is 0 Å². The standard InChI is InChI=1S/C15H21N3OS/c1-3-5-6-7-10-18(16-4-2)15-17-13-9-8-12(19)11-14(13)20-15/h4,8-9,11,19H,3,5-7,10H2,1-2H3/b16-4+. The second kappa shape index (κ2) is 7.24. The van der Waals surface area contributed by atoms with Crippen LogP contribution >= 0.6 is 11.3 Å². The van der Waals surface area contributed by atoms with Gasteiger partial charge in [-0.1, -0.05) is 37.5 Å². The monoisotopic (exact) mass is 291 g/mol. The summed E-state index contributed by atoms with van der Waals surface area (Å²) < 4.78 is 0.991. The fourth-order valence-electron chi connectivity index (χ4n) is 2.04. The van der Waals surface area contributed by atoms with Crippen LogP contribution in [0.1, 0.15) is 39.5 Å². The Morgan fingerprint density at radius 1 is 1.35 bits per heavy atom. The zero-order valence-electron chi connectivity index (χ0n) is 12.0. The normalized spacial score (nSPS) is 11.5. The molecular formula is C15H21N3OS. The quantitative estimate of drug-likeness (QED) is 0.467. The van der Waals surface area contributed by atoms with Gasteiger partial charge in [-0.2, -0.15) is 5.10 Å². The van der Waals surface area contributed by atoms with Crippen molar-refractivity contribution in [1.29, 1.82) is 0 Å². The molecule has 0 amide bonds. The van der Waals surface area contributed by atoms with Crippen molar-refractivity contribution in [2.75, 3.05) is 11.6 Å². The third kappa shape index (κ3) is 3.70. The molecule has 0 spiro atoms. The predicted molar refractivity (Wildman–Crippen MR) is 86.9 cm³/mol. The topological polar surface area (TPSA) is 48.7 Å². The number of phenolic OH excluding ortho intramolecular Hbond substituents is 1. The highest BCUT2D eigenvalue weighted by Crippen LogP contribution is 2.31. The first-order chi connectivity index (χ1) is 9.74. The maximum Gasteiger partial charge on any atom is 0.207 e. The molecule has 1 heterocycles. The van der Waals surface area contributed by atoms with E-state index in [2.05, 4.69) is 17.0 Å². The Balaban J connectivity index is 2.13. The third-order valence-electron chi connectivity index (χ3n) is 3.06. The molecular weight excluding hydrogens is 270 g/mol. The van der Waals surface area contributed by atoms with E-state index in [1.165, 1.54) is 19.3 Å². The summed E-state index contributed by atoms with van der Waals surface area (Å²) in [7, 11) is 0. The summed E-state index contributed by atoms with van der Waals surface area (Å²) in [5.41, 5.74) is 0.910. The highest BCUT2D eigenvalue weighted by Gasteiger charge is 2.11. The van der Waals surface area contributed by atoms with Crippen LogP contribution in [-0.2, 0) is 0 Å². The van der Waals surface area contributed by atoms with Gasteiger partial charge in [0.15, 0.2) is 0 Å². The van der Waals surface area contributed by atoms with Gasteiger partial charge in [0, 0.05) is 12.8 Å². The van der Waals surface area contributed by atoms with Crippen molar-refractivity contribution < 1.29 is 5.11 Å². The van der Waals surface area contributed by atoms with E-state index in [1.807, 2.05) is 18.0 Å². The van der Waals surface area contributed by atoms with Crippen molar-refractivity contribution in [3.05, 3.63) is 18.2 Å². The van der Waals surface area contributed by atoms with Crippen LogP contribution in [0.2, 0.25) is 0 Å². The molecule has 108 valence electrons. The summed E-state index contributed by atoms with van der Waals surface area (Å²) in [6, 6.07) is 5.26.